The molecule has 0 saturated heterocycles. The number of fused-ring (bicyclic) bond motifs is 3. The number of halogens is 1. The molecule has 32 heavy (non-hydrogen) atoms. The highest BCUT2D eigenvalue weighted by Gasteiger charge is 2.31. The Labute approximate surface area is 185 Å². The molecule has 0 spiro atoms. The molecule has 3 aromatic rings. The van der Waals surface area contributed by atoms with Gasteiger partial charge in [-0.15, -0.1) is 0 Å². The number of benzene rings is 1. The number of carbonyl (C=O) groups is 1. The summed E-state index contributed by atoms with van der Waals surface area (Å²) in [6, 6.07) is 9.44. The van der Waals surface area contributed by atoms with E-state index in [-0.39, 0.29) is 12.5 Å². The third kappa shape index (κ3) is 3.16. The lowest BCUT2D eigenvalue weighted by Gasteiger charge is -2.32. The maximum absolute atomic E-state index is 14.7. The first kappa shape index (κ1) is 19.1. The average Bonchev–Trinajstić information content (AvgIpc) is 3.55. The Hall–Kier alpha value is -3.61. The number of hydrogen-bond donors (Lipinski definition) is 0. The van der Waals surface area contributed by atoms with Crippen LogP contribution in [0.4, 0.5) is 4.39 Å². The minimum absolute atomic E-state index is 0.0342. The first-order valence-electron chi connectivity index (χ1n) is 10.9. The van der Waals surface area contributed by atoms with Crippen molar-refractivity contribution in [2.45, 2.75) is 32.1 Å². The van der Waals surface area contributed by atoms with Crippen molar-refractivity contribution in [3.05, 3.63) is 77.4 Å². The molecule has 1 aliphatic carbocycles. The molecule has 1 saturated carbocycles. The number of hydrogen-bond acceptors (Lipinski definition) is 4. The van der Waals surface area contributed by atoms with E-state index in [0.717, 1.165) is 28.1 Å². The Kier molecular flexibility index (Phi) is 4.31. The van der Waals surface area contributed by atoms with E-state index in [4.69, 9.17) is 0 Å². The highest BCUT2D eigenvalue weighted by Crippen LogP contribution is 2.39. The summed E-state index contributed by atoms with van der Waals surface area (Å²) in [7, 11) is 0. The van der Waals surface area contributed by atoms with Crippen molar-refractivity contribution in [1.82, 2.24) is 19.4 Å². The van der Waals surface area contributed by atoms with Gasteiger partial charge >= 0.3 is 0 Å². The number of pyridine rings is 1. The van der Waals surface area contributed by atoms with E-state index >= 15 is 0 Å². The van der Waals surface area contributed by atoms with Crippen LogP contribution in [0.15, 0.2) is 53.9 Å². The number of aliphatic imine (C=N–C) groups is 1. The first-order chi connectivity index (χ1) is 15.6. The first-order valence-corrected chi connectivity index (χ1v) is 10.9. The van der Waals surface area contributed by atoms with Crippen molar-refractivity contribution >= 4 is 17.4 Å². The van der Waals surface area contributed by atoms with Gasteiger partial charge in [-0.3, -0.25) is 14.4 Å². The molecule has 0 unspecified atom stereocenters. The van der Waals surface area contributed by atoms with Crippen LogP contribution in [0, 0.1) is 12.9 Å². The number of carbonyl (C=O) groups excluding carboxylic acids is 1. The van der Waals surface area contributed by atoms with Gasteiger partial charge in [-0.25, -0.2) is 9.97 Å². The highest BCUT2D eigenvalue weighted by atomic mass is 19.1. The monoisotopic (exact) mass is 427 g/mol. The minimum Gasteiger partial charge on any atom is -0.310 e. The van der Waals surface area contributed by atoms with Crippen LogP contribution in [0.2, 0.25) is 0 Å². The lowest BCUT2D eigenvalue weighted by atomic mass is 9.89. The molecule has 0 radical (unpaired) electrons. The predicted molar refractivity (Wildman–Crippen MR) is 120 cm³/mol. The van der Waals surface area contributed by atoms with Crippen molar-refractivity contribution in [3.8, 4) is 11.1 Å². The standard InChI is InChI=1S/C25H22FN5O/c1-15-5-8-20(25(26)29-15)17-3-2-4-19-18(17)9-10-31-22(19)11-23(27-12-24(31)32)30-13-21(28-14-30)16-6-7-16/h2-5,8,11,13-14,16H,6-7,9-10,12H2,1H3. The van der Waals surface area contributed by atoms with E-state index in [0.29, 0.717) is 36.0 Å². The summed E-state index contributed by atoms with van der Waals surface area (Å²) < 4.78 is 16.6. The van der Waals surface area contributed by atoms with Crippen LogP contribution in [0.25, 0.3) is 16.8 Å². The Morgan fingerprint density at radius 2 is 1.94 bits per heavy atom. The third-order valence-electron chi connectivity index (χ3n) is 6.41. The van der Waals surface area contributed by atoms with Gasteiger partial charge in [0.1, 0.15) is 18.7 Å². The van der Waals surface area contributed by atoms with E-state index in [1.54, 1.807) is 24.2 Å². The van der Waals surface area contributed by atoms with Crippen molar-refractivity contribution in [2.24, 2.45) is 4.99 Å². The van der Waals surface area contributed by atoms with Gasteiger partial charge in [0.05, 0.1) is 11.4 Å². The molecule has 2 aliphatic heterocycles. The van der Waals surface area contributed by atoms with Crippen LogP contribution in [0.3, 0.4) is 0 Å². The van der Waals surface area contributed by atoms with E-state index in [1.807, 2.05) is 41.1 Å². The van der Waals surface area contributed by atoms with Gasteiger partial charge in [0.25, 0.3) is 0 Å². The number of nitrogens with zero attached hydrogens (tertiary/aromatic N) is 5. The van der Waals surface area contributed by atoms with Crippen LogP contribution in [-0.2, 0) is 11.2 Å². The SMILES string of the molecule is Cc1ccc(-c2cccc3c2CCN2C(=O)CN=C(n4cnc(C5CC5)c4)C=C32)c(F)n1. The summed E-state index contributed by atoms with van der Waals surface area (Å²) in [5, 5.41) is 0. The smallest absolute Gasteiger partial charge is 0.248 e. The molecule has 6 nitrogen and oxygen atoms in total. The Morgan fingerprint density at radius 1 is 1.09 bits per heavy atom. The van der Waals surface area contributed by atoms with Crippen molar-refractivity contribution in [2.75, 3.05) is 13.1 Å². The summed E-state index contributed by atoms with van der Waals surface area (Å²) in [4.78, 5) is 27.8. The van der Waals surface area contributed by atoms with Gasteiger partial charge in [0.2, 0.25) is 11.9 Å². The van der Waals surface area contributed by atoms with Crippen molar-refractivity contribution in [1.29, 1.82) is 0 Å². The number of aryl methyl sites for hydroxylation is 1. The molecule has 0 atom stereocenters. The maximum atomic E-state index is 14.7. The topological polar surface area (TPSA) is 63.4 Å². The molecular formula is C25H22FN5O. The molecule has 2 aromatic heterocycles. The maximum Gasteiger partial charge on any atom is 0.248 e. The highest BCUT2D eigenvalue weighted by molar-refractivity contribution is 6.06. The van der Waals surface area contributed by atoms with E-state index < -0.39 is 5.95 Å². The zero-order chi connectivity index (χ0) is 21.8. The number of amides is 1. The van der Waals surface area contributed by atoms with Gasteiger partial charge in [0, 0.05) is 41.6 Å². The second-order valence-corrected chi connectivity index (χ2v) is 8.60. The molecule has 160 valence electrons. The molecule has 4 heterocycles. The van der Waals surface area contributed by atoms with Gasteiger partial charge in [-0.2, -0.15) is 4.39 Å². The molecule has 6 rings (SSSR count). The van der Waals surface area contributed by atoms with E-state index in [9.17, 15) is 9.18 Å². The number of rotatable bonds is 2. The van der Waals surface area contributed by atoms with Gasteiger partial charge in [-0.1, -0.05) is 18.2 Å². The average molecular weight is 427 g/mol. The van der Waals surface area contributed by atoms with Crippen LogP contribution in [-0.4, -0.2) is 44.3 Å². The largest absolute Gasteiger partial charge is 0.310 e. The Morgan fingerprint density at radius 3 is 2.75 bits per heavy atom. The zero-order valence-electron chi connectivity index (χ0n) is 17.8. The molecule has 7 heteroatoms. The summed E-state index contributed by atoms with van der Waals surface area (Å²) in [5.74, 6) is 0.731. The van der Waals surface area contributed by atoms with Crippen LogP contribution in [0.5, 0.6) is 0 Å². The fourth-order valence-electron chi connectivity index (χ4n) is 4.59. The molecule has 1 amide bonds. The summed E-state index contributed by atoms with van der Waals surface area (Å²) in [6.07, 6.45) is 8.75. The number of allylic oxidation sites excluding steroid dienone is 1. The number of imidazole rings is 1. The normalized spacial score (nSPS) is 17.9. The van der Waals surface area contributed by atoms with Crippen LogP contribution >= 0.6 is 0 Å². The lowest BCUT2D eigenvalue weighted by molar-refractivity contribution is -0.126. The summed E-state index contributed by atoms with van der Waals surface area (Å²) >= 11 is 0. The molecule has 0 bridgehead atoms. The second-order valence-electron chi connectivity index (χ2n) is 8.60. The van der Waals surface area contributed by atoms with Gasteiger partial charge in [-0.05, 0) is 49.4 Å². The van der Waals surface area contributed by atoms with Gasteiger partial charge < -0.3 is 4.90 Å². The van der Waals surface area contributed by atoms with E-state index in [1.165, 1.54) is 12.8 Å². The Bertz CT molecular complexity index is 1320. The van der Waals surface area contributed by atoms with E-state index in [2.05, 4.69) is 15.0 Å². The quantitative estimate of drug-likeness (QED) is 0.582. The predicted octanol–water partition coefficient (Wildman–Crippen LogP) is 3.96. The Balaban J connectivity index is 1.47. The summed E-state index contributed by atoms with van der Waals surface area (Å²) in [5.41, 5.74) is 5.78. The molecule has 1 fully saturated rings. The van der Waals surface area contributed by atoms with Gasteiger partial charge in [0.15, 0.2) is 0 Å². The summed E-state index contributed by atoms with van der Waals surface area (Å²) in [6.45, 7) is 2.41. The van der Waals surface area contributed by atoms with Crippen molar-refractivity contribution in [3.63, 3.8) is 0 Å². The fraction of sp³-hybridized carbons (Fsp3) is 0.280. The van der Waals surface area contributed by atoms with Crippen LogP contribution < -0.4 is 0 Å². The third-order valence-corrected chi connectivity index (χ3v) is 6.41. The molecule has 3 aliphatic rings. The lowest BCUT2D eigenvalue weighted by Crippen LogP contribution is -2.36. The molecular weight excluding hydrogens is 405 g/mol. The second kappa shape index (κ2) is 7.22. The van der Waals surface area contributed by atoms with Crippen molar-refractivity contribution < 1.29 is 9.18 Å². The molecule has 1 aromatic carbocycles. The fourth-order valence-corrected chi connectivity index (χ4v) is 4.59. The molecule has 0 N–H and O–H groups in total. The minimum atomic E-state index is -0.472. The zero-order valence-corrected chi connectivity index (χ0v) is 17.8. The number of aromatic nitrogens is 3. The van der Waals surface area contributed by atoms with Crippen LogP contribution in [0.1, 0.15) is 41.3 Å².